The number of alkyl halides is 3. The summed E-state index contributed by atoms with van der Waals surface area (Å²) in [6, 6.07) is 9.29. The van der Waals surface area contributed by atoms with Gasteiger partial charge in [-0.25, -0.2) is 0 Å². The molecule has 0 unspecified atom stereocenters. The maximum absolute atomic E-state index is 12.6. The molecule has 0 radical (unpaired) electrons. The van der Waals surface area contributed by atoms with Crippen molar-refractivity contribution in [3.63, 3.8) is 0 Å². The van der Waals surface area contributed by atoms with Crippen molar-refractivity contribution < 1.29 is 37.2 Å². The first-order chi connectivity index (χ1) is 16.5. The Morgan fingerprint density at radius 1 is 1.09 bits per heavy atom. The quantitative estimate of drug-likeness (QED) is 0.343. The fraction of sp³-hybridized carbons (Fsp3) is 0.190. The van der Waals surface area contributed by atoms with Crippen LogP contribution in [-0.2, 0) is 11.3 Å². The number of anilines is 2. The zero-order valence-electron chi connectivity index (χ0n) is 18.0. The van der Waals surface area contributed by atoms with Gasteiger partial charge in [0.05, 0.1) is 23.9 Å². The molecule has 0 bridgehead atoms. The van der Waals surface area contributed by atoms with Gasteiger partial charge in [0, 0.05) is 18.0 Å². The number of rotatable bonds is 9. The van der Waals surface area contributed by atoms with Crippen molar-refractivity contribution in [1.82, 2.24) is 9.78 Å². The molecule has 0 fully saturated rings. The number of ether oxygens (including phenoxy) is 2. The third-order valence-electron chi connectivity index (χ3n) is 4.38. The predicted molar refractivity (Wildman–Crippen MR) is 116 cm³/mol. The predicted octanol–water partition coefficient (Wildman–Crippen LogP) is 3.63. The van der Waals surface area contributed by atoms with E-state index in [0.29, 0.717) is 11.4 Å². The van der Waals surface area contributed by atoms with E-state index in [-0.39, 0.29) is 18.0 Å². The van der Waals surface area contributed by atoms with Gasteiger partial charge in [-0.1, -0.05) is 0 Å². The molecule has 3 rings (SSSR count). The summed E-state index contributed by atoms with van der Waals surface area (Å²) in [7, 11) is 1.51. The molecule has 35 heavy (non-hydrogen) atoms. The largest absolute Gasteiger partial charge is 0.497 e. The number of nitrogens with one attached hydrogen (secondary N) is 2. The summed E-state index contributed by atoms with van der Waals surface area (Å²) < 4.78 is 48.0. The second-order valence-corrected chi connectivity index (χ2v) is 7.00. The van der Waals surface area contributed by atoms with Crippen LogP contribution in [0.3, 0.4) is 0 Å². The smallest absolute Gasteiger partial charge is 0.422 e. The number of hydrogen-bond acceptors (Lipinski definition) is 7. The van der Waals surface area contributed by atoms with Crippen LogP contribution in [0.15, 0.2) is 54.9 Å². The molecule has 0 saturated carbocycles. The molecule has 2 N–H and O–H groups in total. The highest BCUT2D eigenvalue weighted by molar-refractivity contribution is 6.07. The first-order valence-corrected chi connectivity index (χ1v) is 9.80. The molecule has 2 amide bonds. The Morgan fingerprint density at radius 2 is 1.77 bits per heavy atom. The number of nitro groups is 1. The molecule has 2 aromatic carbocycles. The number of aromatic nitrogens is 2. The Bertz CT molecular complexity index is 1230. The molecule has 11 nitrogen and oxygen atoms in total. The van der Waals surface area contributed by atoms with E-state index in [2.05, 4.69) is 20.5 Å². The van der Waals surface area contributed by atoms with E-state index in [4.69, 9.17) is 4.74 Å². The Kier molecular flexibility index (Phi) is 7.53. The molecule has 184 valence electrons. The lowest BCUT2D eigenvalue weighted by atomic mass is 10.1. The molecule has 1 aromatic heterocycles. The molecule has 0 atom stereocenters. The third-order valence-corrected chi connectivity index (χ3v) is 4.38. The maximum atomic E-state index is 12.6. The van der Waals surface area contributed by atoms with Gasteiger partial charge < -0.3 is 20.1 Å². The number of methoxy groups -OCH3 is 1. The van der Waals surface area contributed by atoms with Crippen LogP contribution in [0, 0.1) is 10.1 Å². The minimum absolute atomic E-state index is 0.100. The molecule has 0 spiro atoms. The van der Waals surface area contributed by atoms with Crippen molar-refractivity contribution in [3.05, 3.63) is 70.5 Å². The summed E-state index contributed by atoms with van der Waals surface area (Å²) in [5.74, 6) is -1.14. The van der Waals surface area contributed by atoms with E-state index in [1.165, 1.54) is 24.2 Å². The molecular formula is C21H18F3N5O6. The molecule has 14 heteroatoms. The highest BCUT2D eigenvalue weighted by Gasteiger charge is 2.29. The van der Waals surface area contributed by atoms with Gasteiger partial charge in [0.2, 0.25) is 5.91 Å². The van der Waals surface area contributed by atoms with E-state index in [9.17, 15) is 32.9 Å². The fourth-order valence-electron chi connectivity index (χ4n) is 2.85. The van der Waals surface area contributed by atoms with Gasteiger partial charge in [0.25, 0.3) is 11.6 Å². The van der Waals surface area contributed by atoms with Gasteiger partial charge in [0.15, 0.2) is 6.61 Å². The highest BCUT2D eigenvalue weighted by Crippen LogP contribution is 2.26. The fourth-order valence-corrected chi connectivity index (χ4v) is 2.85. The van der Waals surface area contributed by atoms with Gasteiger partial charge in [-0.3, -0.25) is 24.4 Å². The summed E-state index contributed by atoms with van der Waals surface area (Å²) in [5, 5.41) is 20.2. The van der Waals surface area contributed by atoms with Crippen LogP contribution in [0.1, 0.15) is 10.4 Å². The van der Waals surface area contributed by atoms with Crippen molar-refractivity contribution >= 4 is 28.9 Å². The molecule has 3 aromatic rings. The monoisotopic (exact) mass is 493 g/mol. The number of hydrogen-bond donors (Lipinski definition) is 2. The molecular weight excluding hydrogens is 475 g/mol. The Morgan fingerprint density at radius 3 is 2.40 bits per heavy atom. The number of benzene rings is 2. The Labute approximate surface area is 195 Å². The van der Waals surface area contributed by atoms with Gasteiger partial charge in [-0.15, -0.1) is 0 Å². The van der Waals surface area contributed by atoms with E-state index in [0.717, 1.165) is 18.2 Å². The van der Waals surface area contributed by atoms with Crippen molar-refractivity contribution in [2.24, 2.45) is 0 Å². The van der Waals surface area contributed by atoms with Gasteiger partial charge >= 0.3 is 6.18 Å². The zero-order valence-corrected chi connectivity index (χ0v) is 18.0. The molecule has 0 aliphatic rings. The SMILES string of the molecule is COc1ccc(NC(=O)Cn2cc(NC(=O)c3cc(OCC(F)(F)F)ccc3[N+](=O)[O-])cn2)cc1. The maximum Gasteiger partial charge on any atom is 0.422 e. The summed E-state index contributed by atoms with van der Waals surface area (Å²) in [5.41, 5.74) is -0.521. The summed E-state index contributed by atoms with van der Waals surface area (Å²) in [6.07, 6.45) is -2.12. The van der Waals surface area contributed by atoms with Crippen molar-refractivity contribution in [2.75, 3.05) is 24.4 Å². The van der Waals surface area contributed by atoms with Crippen LogP contribution in [0.25, 0.3) is 0 Å². The standard InChI is InChI=1S/C21H18F3N5O6/c1-34-15-4-2-13(3-5-15)26-19(30)11-28-10-14(9-25-28)27-20(31)17-8-16(35-12-21(22,23)24)6-7-18(17)29(32)33/h2-10H,11-12H2,1H3,(H,26,30)(H,27,31). The van der Waals surface area contributed by atoms with Gasteiger partial charge in [0.1, 0.15) is 23.6 Å². The van der Waals surface area contributed by atoms with E-state index >= 15 is 0 Å². The first-order valence-electron chi connectivity index (χ1n) is 9.80. The number of nitro benzene ring substituents is 1. The molecule has 0 aliphatic heterocycles. The lowest BCUT2D eigenvalue weighted by Gasteiger charge is -2.10. The lowest BCUT2D eigenvalue weighted by Crippen LogP contribution is -2.20. The second kappa shape index (κ2) is 10.5. The second-order valence-electron chi connectivity index (χ2n) is 7.00. The van der Waals surface area contributed by atoms with Crippen LogP contribution in [0.4, 0.5) is 30.2 Å². The topological polar surface area (TPSA) is 138 Å². The number of halogens is 3. The van der Waals surface area contributed by atoms with Gasteiger partial charge in [-0.05, 0) is 36.4 Å². The molecule has 0 saturated heterocycles. The third kappa shape index (κ3) is 7.18. The minimum atomic E-state index is -4.63. The van der Waals surface area contributed by atoms with E-state index in [1.807, 2.05) is 0 Å². The summed E-state index contributed by atoms with van der Waals surface area (Å²) in [6.45, 7) is -1.83. The average Bonchev–Trinajstić information content (AvgIpc) is 3.23. The van der Waals surface area contributed by atoms with E-state index < -0.39 is 40.8 Å². The number of nitrogens with zero attached hydrogens (tertiary/aromatic N) is 3. The van der Waals surface area contributed by atoms with Crippen LogP contribution < -0.4 is 20.1 Å². The summed E-state index contributed by atoms with van der Waals surface area (Å²) >= 11 is 0. The number of carbonyl (C=O) groups excluding carboxylic acids is 2. The Hall–Kier alpha value is -4.62. The number of amides is 2. The van der Waals surface area contributed by atoms with Gasteiger partial charge in [-0.2, -0.15) is 18.3 Å². The Balaban J connectivity index is 1.66. The average molecular weight is 493 g/mol. The van der Waals surface area contributed by atoms with Crippen molar-refractivity contribution in [1.29, 1.82) is 0 Å². The molecule has 1 heterocycles. The van der Waals surface area contributed by atoms with Crippen molar-refractivity contribution in [2.45, 2.75) is 12.7 Å². The van der Waals surface area contributed by atoms with Crippen LogP contribution in [0.2, 0.25) is 0 Å². The first kappa shape index (κ1) is 25.0. The van der Waals surface area contributed by atoms with Crippen LogP contribution in [0.5, 0.6) is 11.5 Å². The van der Waals surface area contributed by atoms with Crippen molar-refractivity contribution in [3.8, 4) is 11.5 Å². The molecule has 0 aliphatic carbocycles. The van der Waals surface area contributed by atoms with E-state index in [1.54, 1.807) is 24.3 Å². The summed E-state index contributed by atoms with van der Waals surface area (Å²) in [4.78, 5) is 35.2. The normalized spacial score (nSPS) is 11.0. The minimum Gasteiger partial charge on any atom is -0.497 e. The zero-order chi connectivity index (χ0) is 25.6. The van der Waals surface area contributed by atoms with Crippen LogP contribution in [-0.4, -0.2) is 46.4 Å². The highest BCUT2D eigenvalue weighted by atomic mass is 19.4. The van der Waals surface area contributed by atoms with Crippen LogP contribution >= 0.6 is 0 Å². The lowest BCUT2D eigenvalue weighted by molar-refractivity contribution is -0.385. The number of carbonyl (C=O) groups is 2.